The number of H-pyrrole nitrogens is 1. The number of amides is 1. The van der Waals surface area contributed by atoms with Crippen molar-refractivity contribution in [3.8, 4) is 16.4 Å². The Morgan fingerprint density at radius 3 is 3.00 bits per heavy atom. The van der Waals surface area contributed by atoms with Gasteiger partial charge in [-0.2, -0.15) is 10.1 Å². The van der Waals surface area contributed by atoms with E-state index in [1.165, 1.54) is 6.33 Å². The second-order valence-electron chi connectivity index (χ2n) is 4.83. The fourth-order valence-electron chi connectivity index (χ4n) is 2.15. The molecule has 1 amide bonds. The number of rotatable bonds is 4. The molecule has 0 bridgehead atoms. The van der Waals surface area contributed by atoms with E-state index in [4.69, 9.17) is 0 Å². The van der Waals surface area contributed by atoms with Crippen LogP contribution in [0, 0.1) is 0 Å². The zero-order valence-electron chi connectivity index (χ0n) is 12.2. The molecule has 4 rings (SSSR count). The zero-order chi connectivity index (χ0) is 16.4. The van der Waals surface area contributed by atoms with Crippen molar-refractivity contribution in [3.05, 3.63) is 60.0 Å². The highest BCUT2D eigenvalue weighted by Crippen LogP contribution is 2.21. The van der Waals surface area contributed by atoms with Gasteiger partial charge < -0.3 is 0 Å². The minimum absolute atomic E-state index is 0.231. The van der Waals surface area contributed by atoms with Crippen LogP contribution >= 0.6 is 11.3 Å². The Hall–Kier alpha value is -3.33. The van der Waals surface area contributed by atoms with E-state index in [1.54, 1.807) is 40.5 Å². The molecule has 0 fully saturated rings. The van der Waals surface area contributed by atoms with E-state index < -0.39 is 0 Å². The van der Waals surface area contributed by atoms with Crippen LogP contribution in [0.15, 0.2) is 54.4 Å². The third-order valence-corrected chi connectivity index (χ3v) is 4.13. The van der Waals surface area contributed by atoms with Crippen molar-refractivity contribution in [2.75, 3.05) is 5.32 Å². The summed E-state index contributed by atoms with van der Waals surface area (Å²) >= 11 is 1.54. The first-order valence-corrected chi connectivity index (χ1v) is 7.90. The SMILES string of the molecule is O=C(Nc1n[nH]c(-c2cccs2)n1)c1cccc(-n2cncn2)c1. The lowest BCUT2D eigenvalue weighted by molar-refractivity contribution is 0.102. The van der Waals surface area contributed by atoms with Crippen LogP contribution in [0.4, 0.5) is 5.95 Å². The van der Waals surface area contributed by atoms with E-state index in [9.17, 15) is 4.79 Å². The molecular formula is C15H11N7OS. The van der Waals surface area contributed by atoms with Crippen LogP contribution in [-0.2, 0) is 0 Å². The monoisotopic (exact) mass is 337 g/mol. The Kier molecular flexibility index (Phi) is 3.60. The molecule has 0 saturated heterocycles. The van der Waals surface area contributed by atoms with Crippen molar-refractivity contribution in [2.45, 2.75) is 0 Å². The predicted molar refractivity (Wildman–Crippen MR) is 89.0 cm³/mol. The molecule has 118 valence electrons. The number of hydrogen-bond acceptors (Lipinski definition) is 6. The molecule has 0 saturated carbocycles. The van der Waals surface area contributed by atoms with Crippen molar-refractivity contribution in [2.24, 2.45) is 0 Å². The lowest BCUT2D eigenvalue weighted by atomic mass is 10.2. The van der Waals surface area contributed by atoms with Crippen LogP contribution in [0.5, 0.6) is 0 Å². The van der Waals surface area contributed by atoms with Gasteiger partial charge in [0.1, 0.15) is 12.7 Å². The molecule has 0 aliphatic carbocycles. The summed E-state index contributed by atoms with van der Waals surface area (Å²) in [6.45, 7) is 0. The van der Waals surface area contributed by atoms with E-state index in [-0.39, 0.29) is 11.9 Å². The lowest BCUT2D eigenvalue weighted by Crippen LogP contribution is -2.13. The van der Waals surface area contributed by atoms with Gasteiger partial charge in [0.2, 0.25) is 5.95 Å². The molecule has 0 spiro atoms. The first kappa shape index (κ1) is 14.3. The summed E-state index contributed by atoms with van der Waals surface area (Å²) in [4.78, 5) is 21.5. The van der Waals surface area contributed by atoms with E-state index in [0.717, 1.165) is 10.6 Å². The number of nitrogens with one attached hydrogen (secondary N) is 2. The highest BCUT2D eigenvalue weighted by Gasteiger charge is 2.12. The lowest BCUT2D eigenvalue weighted by Gasteiger charge is -2.04. The average molecular weight is 337 g/mol. The van der Waals surface area contributed by atoms with Gasteiger partial charge in [0.25, 0.3) is 5.91 Å². The van der Waals surface area contributed by atoms with Crippen molar-refractivity contribution in [1.29, 1.82) is 0 Å². The minimum atomic E-state index is -0.298. The number of nitrogens with zero attached hydrogens (tertiary/aromatic N) is 5. The third kappa shape index (κ3) is 2.79. The van der Waals surface area contributed by atoms with Gasteiger partial charge in [-0.25, -0.2) is 9.67 Å². The van der Waals surface area contributed by atoms with Gasteiger partial charge in [0, 0.05) is 5.56 Å². The minimum Gasteiger partial charge on any atom is -0.289 e. The maximum Gasteiger partial charge on any atom is 0.258 e. The highest BCUT2D eigenvalue weighted by atomic mass is 32.1. The fraction of sp³-hybridized carbons (Fsp3) is 0. The first-order valence-electron chi connectivity index (χ1n) is 7.02. The molecule has 24 heavy (non-hydrogen) atoms. The number of thiophene rings is 1. The van der Waals surface area contributed by atoms with E-state index >= 15 is 0 Å². The molecule has 0 radical (unpaired) electrons. The molecule has 3 aromatic heterocycles. The average Bonchev–Trinajstić information content (AvgIpc) is 3.36. The van der Waals surface area contributed by atoms with Crippen molar-refractivity contribution in [1.82, 2.24) is 29.9 Å². The normalized spacial score (nSPS) is 10.7. The van der Waals surface area contributed by atoms with Crippen molar-refractivity contribution < 1.29 is 4.79 Å². The molecule has 0 atom stereocenters. The van der Waals surface area contributed by atoms with Crippen LogP contribution < -0.4 is 5.32 Å². The summed E-state index contributed by atoms with van der Waals surface area (Å²) in [5.74, 6) is 0.555. The Morgan fingerprint density at radius 1 is 1.25 bits per heavy atom. The summed E-state index contributed by atoms with van der Waals surface area (Å²) in [7, 11) is 0. The zero-order valence-corrected chi connectivity index (χ0v) is 13.1. The fourth-order valence-corrected chi connectivity index (χ4v) is 2.81. The molecule has 3 heterocycles. The molecular weight excluding hydrogens is 326 g/mol. The Labute approximate surface area is 140 Å². The number of carbonyl (C=O) groups excluding carboxylic acids is 1. The number of anilines is 1. The standard InChI is InChI=1S/C15H11N7OS/c23-14(10-3-1-4-11(7-10)22-9-16-8-17-22)19-15-18-13(20-21-15)12-5-2-6-24-12/h1-9H,(H2,18,19,20,21,23). The molecule has 2 N–H and O–H groups in total. The van der Waals surface area contributed by atoms with Gasteiger partial charge in [-0.05, 0) is 29.6 Å². The number of hydrogen-bond donors (Lipinski definition) is 2. The third-order valence-electron chi connectivity index (χ3n) is 3.26. The molecule has 0 aliphatic heterocycles. The quantitative estimate of drug-likeness (QED) is 0.595. The highest BCUT2D eigenvalue weighted by molar-refractivity contribution is 7.13. The molecule has 0 aliphatic rings. The maximum absolute atomic E-state index is 12.4. The van der Waals surface area contributed by atoms with Crippen LogP contribution in [0.2, 0.25) is 0 Å². The van der Waals surface area contributed by atoms with Crippen LogP contribution in [0.1, 0.15) is 10.4 Å². The van der Waals surface area contributed by atoms with Gasteiger partial charge in [-0.1, -0.05) is 12.1 Å². The van der Waals surface area contributed by atoms with Crippen molar-refractivity contribution in [3.63, 3.8) is 0 Å². The Bertz CT molecular complexity index is 960. The molecule has 9 heteroatoms. The molecule has 8 nitrogen and oxygen atoms in total. The second-order valence-corrected chi connectivity index (χ2v) is 5.78. The van der Waals surface area contributed by atoms with E-state index in [2.05, 4.69) is 30.6 Å². The van der Waals surface area contributed by atoms with Gasteiger partial charge in [-0.15, -0.1) is 16.4 Å². The van der Waals surface area contributed by atoms with Crippen LogP contribution in [0.25, 0.3) is 16.4 Å². The Balaban J connectivity index is 1.53. The largest absolute Gasteiger partial charge is 0.289 e. The van der Waals surface area contributed by atoms with Gasteiger partial charge in [0.15, 0.2) is 5.82 Å². The van der Waals surface area contributed by atoms with E-state index in [1.807, 2.05) is 23.6 Å². The number of benzene rings is 1. The summed E-state index contributed by atoms with van der Waals surface area (Å²) in [5, 5.41) is 15.5. The van der Waals surface area contributed by atoms with Gasteiger partial charge >= 0.3 is 0 Å². The predicted octanol–water partition coefficient (Wildman–Crippen LogP) is 2.37. The van der Waals surface area contributed by atoms with E-state index in [0.29, 0.717) is 11.4 Å². The summed E-state index contributed by atoms with van der Waals surface area (Å²) in [6, 6.07) is 10.9. The van der Waals surface area contributed by atoms with Gasteiger partial charge in [0.05, 0.1) is 10.6 Å². The summed E-state index contributed by atoms with van der Waals surface area (Å²) in [6.07, 6.45) is 3.01. The number of aromatic amines is 1. The smallest absolute Gasteiger partial charge is 0.258 e. The second kappa shape index (κ2) is 6.05. The first-order chi connectivity index (χ1) is 11.8. The topological polar surface area (TPSA) is 101 Å². The number of carbonyl (C=O) groups is 1. The van der Waals surface area contributed by atoms with Gasteiger partial charge in [-0.3, -0.25) is 15.2 Å². The number of aromatic nitrogens is 6. The maximum atomic E-state index is 12.4. The van der Waals surface area contributed by atoms with Crippen molar-refractivity contribution >= 4 is 23.2 Å². The van der Waals surface area contributed by atoms with Crippen LogP contribution in [-0.4, -0.2) is 35.9 Å². The summed E-state index contributed by atoms with van der Waals surface area (Å²) in [5.41, 5.74) is 1.22. The molecule has 4 aromatic rings. The summed E-state index contributed by atoms with van der Waals surface area (Å²) < 4.78 is 1.58. The Morgan fingerprint density at radius 2 is 2.21 bits per heavy atom. The molecule has 1 aromatic carbocycles. The van der Waals surface area contributed by atoms with Crippen LogP contribution in [0.3, 0.4) is 0 Å². The molecule has 0 unspecified atom stereocenters.